The first kappa shape index (κ1) is 22.4. The van der Waals surface area contributed by atoms with E-state index in [1.807, 2.05) is 23.6 Å². The number of hydrogen-bond acceptors (Lipinski definition) is 5. The first-order valence-electron chi connectivity index (χ1n) is 10.1. The first-order chi connectivity index (χ1) is 15.0. The van der Waals surface area contributed by atoms with Crippen LogP contribution in [0.5, 0.6) is 0 Å². The number of carbonyl (C=O) groups excluding carboxylic acids is 2. The number of thioether (sulfide) groups is 1. The number of rotatable bonds is 5. The highest BCUT2D eigenvalue weighted by atomic mass is 35.5. The number of nitrogens with zero attached hydrogens (tertiary/aromatic N) is 2. The second-order valence-corrected chi connectivity index (χ2v) is 10.1. The van der Waals surface area contributed by atoms with Gasteiger partial charge in [-0.25, -0.2) is 4.99 Å². The largest absolute Gasteiger partial charge is 0.324 e. The number of amidine groups is 1. The molecule has 2 amide bonds. The molecule has 31 heavy (non-hydrogen) atoms. The summed E-state index contributed by atoms with van der Waals surface area (Å²) in [6.07, 6.45) is 7.15. The van der Waals surface area contributed by atoms with E-state index in [-0.39, 0.29) is 23.6 Å². The van der Waals surface area contributed by atoms with Crippen molar-refractivity contribution in [2.24, 2.45) is 4.99 Å². The maximum absolute atomic E-state index is 13.2. The lowest BCUT2D eigenvalue weighted by Gasteiger charge is -2.31. The minimum atomic E-state index is -0.219. The molecule has 0 bridgehead atoms. The zero-order valence-electron chi connectivity index (χ0n) is 16.6. The molecule has 0 spiro atoms. The fourth-order valence-corrected chi connectivity index (χ4v) is 5.66. The standard InChI is InChI=1S/C22H21Cl2N3O2S2/c23-14-8-9-18(17(24)11-14)25-20(28)13-31-22-26-19(12-16-7-4-10-30-16)21(29)27(22)15-5-2-1-3-6-15/h4,7-12,15H,1-3,5-6,13H2,(H,25,28)/b19-12+. The van der Waals surface area contributed by atoms with Gasteiger partial charge in [-0.05, 0) is 48.6 Å². The quantitative estimate of drug-likeness (QED) is 0.497. The van der Waals surface area contributed by atoms with E-state index in [0.717, 1.165) is 30.6 Å². The molecule has 2 aliphatic rings. The molecule has 1 fully saturated rings. The Bertz CT molecular complexity index is 1030. The lowest BCUT2D eigenvalue weighted by atomic mass is 9.94. The number of thiophene rings is 1. The molecule has 0 saturated heterocycles. The van der Waals surface area contributed by atoms with Crippen LogP contribution in [-0.2, 0) is 9.59 Å². The van der Waals surface area contributed by atoms with Gasteiger partial charge in [0.25, 0.3) is 5.91 Å². The van der Waals surface area contributed by atoms with Crippen molar-refractivity contribution in [3.05, 3.63) is 56.3 Å². The molecular weight excluding hydrogens is 473 g/mol. The van der Waals surface area contributed by atoms with E-state index in [2.05, 4.69) is 10.3 Å². The van der Waals surface area contributed by atoms with E-state index in [1.54, 1.807) is 34.4 Å². The summed E-state index contributed by atoms with van der Waals surface area (Å²) >= 11 is 14.9. The summed E-state index contributed by atoms with van der Waals surface area (Å²) in [6.45, 7) is 0. The second-order valence-electron chi connectivity index (χ2n) is 7.37. The highest BCUT2D eigenvalue weighted by Gasteiger charge is 2.36. The van der Waals surface area contributed by atoms with Crippen LogP contribution in [0, 0.1) is 0 Å². The maximum Gasteiger partial charge on any atom is 0.278 e. The van der Waals surface area contributed by atoms with Crippen molar-refractivity contribution in [2.75, 3.05) is 11.1 Å². The van der Waals surface area contributed by atoms with Crippen molar-refractivity contribution in [3.63, 3.8) is 0 Å². The Labute approximate surface area is 199 Å². The van der Waals surface area contributed by atoms with Crippen LogP contribution in [0.15, 0.2) is 46.4 Å². The van der Waals surface area contributed by atoms with Gasteiger partial charge in [-0.3, -0.25) is 14.5 Å². The molecule has 1 aliphatic carbocycles. The first-order valence-corrected chi connectivity index (χ1v) is 12.7. The summed E-state index contributed by atoms with van der Waals surface area (Å²) in [5, 5.41) is 6.24. The number of carbonyl (C=O) groups is 2. The highest BCUT2D eigenvalue weighted by molar-refractivity contribution is 8.14. The topological polar surface area (TPSA) is 61.8 Å². The van der Waals surface area contributed by atoms with Gasteiger partial charge in [0.1, 0.15) is 5.70 Å². The molecule has 0 atom stereocenters. The summed E-state index contributed by atoms with van der Waals surface area (Å²) in [5.74, 6) is -0.173. The van der Waals surface area contributed by atoms with Gasteiger partial charge in [0.2, 0.25) is 5.91 Å². The summed E-state index contributed by atoms with van der Waals surface area (Å²) < 4.78 is 0. The third-order valence-electron chi connectivity index (χ3n) is 5.16. The van der Waals surface area contributed by atoms with Crippen molar-refractivity contribution in [1.82, 2.24) is 4.90 Å². The smallest absolute Gasteiger partial charge is 0.278 e. The number of halogens is 2. The molecular formula is C22H21Cl2N3O2S2. The third kappa shape index (κ3) is 5.52. The molecule has 0 radical (unpaired) electrons. The Balaban J connectivity index is 1.48. The van der Waals surface area contributed by atoms with E-state index < -0.39 is 0 Å². The Morgan fingerprint density at radius 1 is 1.26 bits per heavy atom. The van der Waals surface area contributed by atoms with E-state index in [1.165, 1.54) is 18.2 Å². The Morgan fingerprint density at radius 3 is 2.77 bits per heavy atom. The fourth-order valence-electron chi connectivity index (χ4n) is 3.69. The maximum atomic E-state index is 13.2. The van der Waals surface area contributed by atoms with E-state index in [0.29, 0.717) is 26.6 Å². The predicted molar refractivity (Wildman–Crippen MR) is 131 cm³/mol. The lowest BCUT2D eigenvalue weighted by Crippen LogP contribution is -2.41. The second kappa shape index (κ2) is 10.2. The van der Waals surface area contributed by atoms with Crippen LogP contribution < -0.4 is 5.32 Å². The van der Waals surface area contributed by atoms with Crippen LogP contribution in [0.3, 0.4) is 0 Å². The summed E-state index contributed by atoms with van der Waals surface area (Å²) in [7, 11) is 0. The fraction of sp³-hybridized carbons (Fsp3) is 0.318. The van der Waals surface area contributed by atoms with Gasteiger partial charge in [0.05, 0.1) is 16.5 Å². The molecule has 9 heteroatoms. The van der Waals surface area contributed by atoms with Crippen molar-refractivity contribution in [3.8, 4) is 0 Å². The summed E-state index contributed by atoms with van der Waals surface area (Å²) in [6, 6.07) is 8.96. The molecule has 1 aromatic heterocycles. The zero-order valence-corrected chi connectivity index (χ0v) is 19.8. The van der Waals surface area contributed by atoms with E-state index >= 15 is 0 Å². The van der Waals surface area contributed by atoms with E-state index in [4.69, 9.17) is 23.2 Å². The number of anilines is 1. The van der Waals surface area contributed by atoms with Gasteiger partial charge in [-0.1, -0.05) is 60.3 Å². The van der Waals surface area contributed by atoms with Gasteiger partial charge >= 0.3 is 0 Å². The average Bonchev–Trinajstić information content (AvgIpc) is 3.37. The predicted octanol–water partition coefficient (Wildman–Crippen LogP) is 6.30. The van der Waals surface area contributed by atoms with Crippen LogP contribution in [0.1, 0.15) is 37.0 Å². The van der Waals surface area contributed by atoms with Crippen LogP contribution >= 0.6 is 46.3 Å². The molecule has 1 aliphatic heterocycles. The molecule has 4 rings (SSSR count). The lowest BCUT2D eigenvalue weighted by molar-refractivity contribution is -0.124. The number of hydrogen-bond donors (Lipinski definition) is 1. The van der Waals surface area contributed by atoms with E-state index in [9.17, 15) is 9.59 Å². The Kier molecular flexibility index (Phi) is 7.38. The minimum absolute atomic E-state index is 0.0797. The van der Waals surface area contributed by atoms with Gasteiger partial charge in [0.15, 0.2) is 5.17 Å². The normalized spacial score (nSPS) is 18.5. The molecule has 5 nitrogen and oxygen atoms in total. The molecule has 162 valence electrons. The Hall–Kier alpha value is -1.80. The van der Waals surface area contributed by atoms with Crippen molar-refractivity contribution in [2.45, 2.75) is 38.1 Å². The third-order valence-corrected chi connectivity index (χ3v) is 7.48. The minimum Gasteiger partial charge on any atom is -0.324 e. The van der Waals surface area contributed by atoms with Gasteiger partial charge < -0.3 is 5.32 Å². The number of amides is 2. The summed E-state index contributed by atoms with van der Waals surface area (Å²) in [4.78, 5) is 33.1. The van der Waals surface area contributed by atoms with Gasteiger partial charge in [0, 0.05) is 15.9 Å². The number of benzene rings is 1. The number of nitrogens with one attached hydrogen (secondary N) is 1. The van der Waals surface area contributed by atoms with Gasteiger partial charge in [-0.2, -0.15) is 0 Å². The molecule has 1 aromatic carbocycles. The van der Waals surface area contributed by atoms with Crippen LogP contribution in [0.2, 0.25) is 10.0 Å². The Morgan fingerprint density at radius 2 is 2.06 bits per heavy atom. The van der Waals surface area contributed by atoms with Gasteiger partial charge in [-0.15, -0.1) is 11.3 Å². The zero-order chi connectivity index (χ0) is 21.8. The van der Waals surface area contributed by atoms with Crippen LogP contribution in [0.25, 0.3) is 6.08 Å². The molecule has 0 unspecified atom stereocenters. The van der Waals surface area contributed by atoms with Crippen molar-refractivity contribution < 1.29 is 9.59 Å². The monoisotopic (exact) mass is 493 g/mol. The van der Waals surface area contributed by atoms with Crippen molar-refractivity contribution in [1.29, 1.82) is 0 Å². The SMILES string of the molecule is O=C(CSC1=N/C(=C/c2cccs2)C(=O)N1C1CCCCC1)Nc1ccc(Cl)cc1Cl. The van der Waals surface area contributed by atoms with Crippen LogP contribution in [0.4, 0.5) is 5.69 Å². The molecule has 2 aromatic rings. The number of aliphatic imine (C=N–C) groups is 1. The molecule has 2 heterocycles. The average molecular weight is 494 g/mol. The summed E-state index contributed by atoms with van der Waals surface area (Å²) in [5.41, 5.74) is 0.931. The molecule has 1 N–H and O–H groups in total. The van der Waals surface area contributed by atoms with Crippen molar-refractivity contribution >= 4 is 75.0 Å². The van der Waals surface area contributed by atoms with Crippen LogP contribution in [-0.4, -0.2) is 33.7 Å². The molecule has 1 saturated carbocycles. The highest BCUT2D eigenvalue weighted by Crippen LogP contribution is 2.32.